The highest BCUT2D eigenvalue weighted by Gasteiger charge is 2.51. The number of esters is 1. The van der Waals surface area contributed by atoms with E-state index in [1.54, 1.807) is 0 Å². The summed E-state index contributed by atoms with van der Waals surface area (Å²) >= 11 is 1.19. The first-order valence-corrected chi connectivity index (χ1v) is 8.34. The molecule has 1 amide bonds. The second kappa shape index (κ2) is 6.27. The molecule has 4 atom stereocenters. The van der Waals surface area contributed by atoms with E-state index in [9.17, 15) is 19.5 Å². The van der Waals surface area contributed by atoms with Crippen molar-refractivity contribution in [3.05, 3.63) is 11.1 Å². The first kappa shape index (κ1) is 15.9. The number of nitrogens with zero attached hydrogens (tertiary/aromatic N) is 1. The molecule has 7 nitrogen and oxygen atoms in total. The third-order valence-electron chi connectivity index (χ3n) is 4.82. The second-order valence-electron chi connectivity index (χ2n) is 6.08. The fourth-order valence-corrected chi connectivity index (χ4v) is 4.66. The molecule has 0 aromatic carbocycles. The van der Waals surface area contributed by atoms with Crippen molar-refractivity contribution in [2.45, 2.75) is 25.7 Å². The second-order valence-corrected chi connectivity index (χ2v) is 7.19. The average Bonchev–Trinajstić information content (AvgIpc) is 3.22. The fourth-order valence-electron chi connectivity index (χ4n) is 3.86. The van der Waals surface area contributed by atoms with Crippen molar-refractivity contribution in [3.63, 3.8) is 0 Å². The normalized spacial score (nSPS) is 28.6. The van der Waals surface area contributed by atoms with Crippen LogP contribution in [0.1, 0.15) is 24.1 Å². The van der Waals surface area contributed by atoms with Crippen molar-refractivity contribution in [2.75, 3.05) is 12.4 Å². The van der Waals surface area contributed by atoms with Gasteiger partial charge in [-0.05, 0) is 31.1 Å². The fraction of sp³-hybridized carbons (Fsp3) is 0.600. The number of anilines is 1. The van der Waals surface area contributed by atoms with Crippen LogP contribution < -0.4 is 10.4 Å². The molecule has 1 aromatic heterocycles. The summed E-state index contributed by atoms with van der Waals surface area (Å²) in [6.45, 7) is 0. The lowest BCUT2D eigenvalue weighted by molar-refractivity contribution is -0.314. The van der Waals surface area contributed by atoms with Crippen LogP contribution >= 0.6 is 11.3 Å². The van der Waals surface area contributed by atoms with Crippen LogP contribution in [0.15, 0.2) is 6.20 Å². The third-order valence-corrected chi connectivity index (χ3v) is 5.73. The Hall–Kier alpha value is -1.96. The van der Waals surface area contributed by atoms with Crippen LogP contribution in [0.5, 0.6) is 0 Å². The lowest BCUT2D eigenvalue weighted by Crippen LogP contribution is -2.43. The first-order chi connectivity index (χ1) is 11.0. The molecule has 2 bridgehead atoms. The molecule has 0 unspecified atom stereocenters. The molecule has 1 N–H and O–H groups in total. The van der Waals surface area contributed by atoms with E-state index in [-0.39, 0.29) is 30.1 Å². The van der Waals surface area contributed by atoms with Crippen LogP contribution in [0.4, 0.5) is 5.13 Å². The van der Waals surface area contributed by atoms with E-state index in [0.717, 1.165) is 19.3 Å². The standard InChI is InChI=1S/C15H18N2O5S/c1-22-10(18)5-9-6-16-15(23-9)17-13(19)11-7-2-3-8(4-7)12(11)14(20)21/h6-8,11-12H,2-5H2,1H3,(H,20,21)(H,16,17,19)/p-1/t7-,8-,11-,12-/m1/s1. The highest BCUT2D eigenvalue weighted by molar-refractivity contribution is 7.15. The molecule has 0 radical (unpaired) electrons. The van der Waals surface area contributed by atoms with Crippen molar-refractivity contribution in [2.24, 2.45) is 23.7 Å². The van der Waals surface area contributed by atoms with E-state index in [1.165, 1.54) is 24.6 Å². The lowest BCUT2D eigenvalue weighted by Gasteiger charge is -2.30. The van der Waals surface area contributed by atoms with E-state index in [2.05, 4.69) is 15.0 Å². The average molecular weight is 337 g/mol. The summed E-state index contributed by atoms with van der Waals surface area (Å²) in [5.74, 6) is -2.93. The minimum atomic E-state index is -1.14. The monoisotopic (exact) mass is 337 g/mol. The molecule has 2 fully saturated rings. The van der Waals surface area contributed by atoms with Gasteiger partial charge in [-0.25, -0.2) is 4.98 Å². The number of carbonyl (C=O) groups is 3. The molecule has 124 valence electrons. The van der Waals surface area contributed by atoms with Gasteiger partial charge in [0.2, 0.25) is 5.91 Å². The van der Waals surface area contributed by atoms with Crippen molar-refractivity contribution in [1.29, 1.82) is 0 Å². The molecule has 2 aliphatic rings. The van der Waals surface area contributed by atoms with Gasteiger partial charge in [0.15, 0.2) is 5.13 Å². The van der Waals surface area contributed by atoms with Gasteiger partial charge in [0, 0.05) is 28.9 Å². The number of ether oxygens (including phenoxy) is 1. The van der Waals surface area contributed by atoms with E-state index >= 15 is 0 Å². The number of aromatic nitrogens is 1. The zero-order valence-electron chi connectivity index (χ0n) is 12.6. The summed E-state index contributed by atoms with van der Waals surface area (Å²) in [4.78, 5) is 39.8. The topological polar surface area (TPSA) is 108 Å². The molecule has 0 aliphatic heterocycles. The van der Waals surface area contributed by atoms with Gasteiger partial charge in [0.25, 0.3) is 0 Å². The Balaban J connectivity index is 1.67. The summed E-state index contributed by atoms with van der Waals surface area (Å²) in [6.07, 6.45) is 4.13. The number of hydrogen-bond donors (Lipinski definition) is 1. The molecular weight excluding hydrogens is 320 g/mol. The number of rotatable bonds is 5. The Morgan fingerprint density at radius 2 is 2.04 bits per heavy atom. The van der Waals surface area contributed by atoms with Gasteiger partial charge in [-0.1, -0.05) is 0 Å². The van der Waals surface area contributed by atoms with Gasteiger partial charge < -0.3 is 20.0 Å². The molecular formula is C15H17N2O5S-. The van der Waals surface area contributed by atoms with E-state index < -0.39 is 17.8 Å². The van der Waals surface area contributed by atoms with E-state index in [4.69, 9.17) is 0 Å². The summed E-state index contributed by atoms with van der Waals surface area (Å²) in [6, 6.07) is 0. The van der Waals surface area contributed by atoms with Gasteiger partial charge >= 0.3 is 5.97 Å². The Morgan fingerprint density at radius 3 is 2.70 bits per heavy atom. The Labute approximate surface area is 137 Å². The quantitative estimate of drug-likeness (QED) is 0.769. The summed E-state index contributed by atoms with van der Waals surface area (Å²) in [5, 5.41) is 14.4. The van der Waals surface area contributed by atoms with Gasteiger partial charge in [-0.3, -0.25) is 9.59 Å². The molecule has 23 heavy (non-hydrogen) atoms. The molecule has 2 saturated carbocycles. The molecule has 8 heteroatoms. The van der Waals surface area contributed by atoms with Crippen molar-refractivity contribution < 1.29 is 24.2 Å². The van der Waals surface area contributed by atoms with Gasteiger partial charge in [-0.15, -0.1) is 11.3 Å². The third kappa shape index (κ3) is 3.08. The number of carbonyl (C=O) groups excluding carboxylic acids is 3. The maximum atomic E-state index is 12.5. The van der Waals surface area contributed by atoms with Gasteiger partial charge in [0.05, 0.1) is 13.5 Å². The minimum absolute atomic E-state index is 0.0481. The summed E-state index contributed by atoms with van der Waals surface area (Å²) < 4.78 is 4.58. The van der Waals surface area contributed by atoms with Crippen molar-refractivity contribution in [3.8, 4) is 0 Å². The van der Waals surface area contributed by atoms with Crippen LogP contribution in [0.2, 0.25) is 0 Å². The molecule has 0 saturated heterocycles. The zero-order valence-corrected chi connectivity index (χ0v) is 13.4. The maximum absolute atomic E-state index is 12.5. The maximum Gasteiger partial charge on any atom is 0.310 e. The van der Waals surface area contributed by atoms with Crippen molar-refractivity contribution >= 4 is 34.3 Å². The zero-order chi connectivity index (χ0) is 16.6. The van der Waals surface area contributed by atoms with Crippen LogP contribution in [0, 0.1) is 23.7 Å². The Morgan fingerprint density at radius 1 is 1.35 bits per heavy atom. The minimum Gasteiger partial charge on any atom is -0.550 e. The number of carboxylic acids is 1. The molecule has 3 rings (SSSR count). The molecule has 0 spiro atoms. The Bertz CT molecular complexity index is 644. The predicted molar refractivity (Wildman–Crippen MR) is 79.3 cm³/mol. The summed E-state index contributed by atoms with van der Waals surface area (Å²) in [5.41, 5.74) is 0. The van der Waals surface area contributed by atoms with Gasteiger partial charge in [-0.2, -0.15) is 0 Å². The number of fused-ring (bicyclic) bond motifs is 2. The number of nitrogens with one attached hydrogen (secondary N) is 1. The van der Waals surface area contributed by atoms with Crippen LogP contribution in [0.25, 0.3) is 0 Å². The van der Waals surface area contributed by atoms with Crippen molar-refractivity contribution in [1.82, 2.24) is 4.98 Å². The summed E-state index contributed by atoms with van der Waals surface area (Å²) in [7, 11) is 1.31. The van der Waals surface area contributed by atoms with Crippen LogP contribution in [-0.4, -0.2) is 29.9 Å². The first-order valence-electron chi connectivity index (χ1n) is 7.53. The highest BCUT2D eigenvalue weighted by atomic mass is 32.1. The number of thiazole rings is 1. The van der Waals surface area contributed by atoms with Crippen LogP contribution in [-0.2, 0) is 25.5 Å². The molecule has 1 heterocycles. The smallest absolute Gasteiger partial charge is 0.310 e. The SMILES string of the molecule is COC(=O)Cc1cnc(NC(=O)[C@@H]2[C@@H]3CC[C@H](C3)[C@H]2C(=O)[O-])s1. The van der Waals surface area contributed by atoms with Gasteiger partial charge in [0.1, 0.15) is 0 Å². The largest absolute Gasteiger partial charge is 0.550 e. The lowest BCUT2D eigenvalue weighted by atomic mass is 9.79. The van der Waals surface area contributed by atoms with E-state index in [1.807, 2.05) is 0 Å². The van der Waals surface area contributed by atoms with E-state index in [0.29, 0.717) is 10.0 Å². The van der Waals surface area contributed by atoms with Crippen LogP contribution in [0.3, 0.4) is 0 Å². The number of carboxylic acid groups (broad SMARTS) is 1. The number of aliphatic carboxylic acids is 1. The number of methoxy groups -OCH3 is 1. The predicted octanol–water partition coefficient (Wildman–Crippen LogP) is 0.209. The highest BCUT2D eigenvalue weighted by Crippen LogP contribution is 2.52. The number of hydrogen-bond acceptors (Lipinski definition) is 7. The molecule has 2 aliphatic carbocycles. The molecule has 1 aromatic rings. The Kier molecular flexibility index (Phi) is 4.34. The number of amides is 1.